The number of benzene rings is 2. The molecule has 0 aliphatic rings. The maximum Gasteiger partial charge on any atom is 0.232 e. The summed E-state index contributed by atoms with van der Waals surface area (Å²) in [4.78, 5) is 4.42. The molecule has 0 bridgehead atoms. The van der Waals surface area contributed by atoms with Crippen LogP contribution in [-0.4, -0.2) is 4.98 Å². The second kappa shape index (κ2) is 5.41. The summed E-state index contributed by atoms with van der Waals surface area (Å²) in [6.45, 7) is 0.404. The lowest BCUT2D eigenvalue weighted by atomic mass is 10.1. The van der Waals surface area contributed by atoms with Crippen LogP contribution in [0.1, 0.15) is 11.1 Å². The van der Waals surface area contributed by atoms with E-state index in [1.165, 1.54) is 0 Å². The van der Waals surface area contributed by atoms with E-state index >= 15 is 0 Å². The van der Waals surface area contributed by atoms with Gasteiger partial charge in [0.15, 0.2) is 0 Å². The number of pyridine rings is 1. The molecule has 3 heteroatoms. The van der Waals surface area contributed by atoms with Gasteiger partial charge in [-0.1, -0.05) is 48.5 Å². The fourth-order valence-corrected chi connectivity index (χ4v) is 2.01. The number of hydrogen-bond acceptors (Lipinski definition) is 3. The fourth-order valence-electron chi connectivity index (χ4n) is 2.01. The summed E-state index contributed by atoms with van der Waals surface area (Å²) in [5, 5.41) is 10.1. The fraction of sp³-hybridized carbons (Fsp3) is 0.0588. The maximum atomic E-state index is 9.21. The van der Waals surface area contributed by atoms with E-state index in [1.807, 2.05) is 60.7 Å². The minimum Gasteiger partial charge on any atom is -0.472 e. The Morgan fingerprint density at radius 2 is 1.75 bits per heavy atom. The molecular formula is C17H12N2O. The Kier molecular flexibility index (Phi) is 3.30. The van der Waals surface area contributed by atoms with Crippen molar-refractivity contribution in [2.24, 2.45) is 0 Å². The first-order chi connectivity index (χ1) is 9.86. The van der Waals surface area contributed by atoms with E-state index in [1.54, 1.807) is 0 Å². The molecule has 0 aliphatic heterocycles. The summed E-state index contributed by atoms with van der Waals surface area (Å²) in [6, 6.07) is 21.5. The number of nitrogens with zero attached hydrogens (tertiary/aromatic N) is 2. The van der Waals surface area contributed by atoms with Crippen molar-refractivity contribution in [2.45, 2.75) is 6.61 Å². The Balaban J connectivity index is 1.92. The van der Waals surface area contributed by atoms with Crippen LogP contribution in [-0.2, 0) is 6.61 Å². The summed E-state index contributed by atoms with van der Waals surface area (Å²) in [6.07, 6.45) is 0. The molecule has 0 aliphatic carbocycles. The van der Waals surface area contributed by atoms with Crippen molar-refractivity contribution in [1.29, 1.82) is 5.26 Å². The van der Waals surface area contributed by atoms with Gasteiger partial charge in [0.25, 0.3) is 0 Å². The van der Waals surface area contributed by atoms with Gasteiger partial charge in [0, 0.05) is 5.39 Å². The van der Waals surface area contributed by atoms with Crippen molar-refractivity contribution in [1.82, 2.24) is 4.98 Å². The number of rotatable bonds is 3. The smallest absolute Gasteiger partial charge is 0.232 e. The van der Waals surface area contributed by atoms with Crippen LogP contribution < -0.4 is 4.74 Å². The average molecular weight is 260 g/mol. The van der Waals surface area contributed by atoms with Gasteiger partial charge >= 0.3 is 0 Å². The first-order valence-corrected chi connectivity index (χ1v) is 6.33. The van der Waals surface area contributed by atoms with Crippen LogP contribution in [0.25, 0.3) is 10.9 Å². The molecule has 0 saturated carbocycles. The Morgan fingerprint density at radius 1 is 1.00 bits per heavy atom. The average Bonchev–Trinajstić information content (AvgIpc) is 2.53. The van der Waals surface area contributed by atoms with E-state index in [9.17, 15) is 5.26 Å². The Morgan fingerprint density at radius 3 is 2.55 bits per heavy atom. The van der Waals surface area contributed by atoms with Crippen LogP contribution in [0.4, 0.5) is 0 Å². The first kappa shape index (κ1) is 12.2. The van der Waals surface area contributed by atoms with Crippen molar-refractivity contribution in [3.63, 3.8) is 0 Å². The van der Waals surface area contributed by atoms with Gasteiger partial charge in [-0.05, 0) is 17.7 Å². The van der Waals surface area contributed by atoms with E-state index < -0.39 is 0 Å². The monoisotopic (exact) mass is 260 g/mol. The first-order valence-electron chi connectivity index (χ1n) is 6.33. The Labute approximate surface area is 117 Å². The highest BCUT2D eigenvalue weighted by Gasteiger charge is 2.07. The lowest BCUT2D eigenvalue weighted by Crippen LogP contribution is -1.99. The molecule has 2 aromatic carbocycles. The van der Waals surface area contributed by atoms with E-state index in [4.69, 9.17) is 4.74 Å². The molecule has 96 valence electrons. The lowest BCUT2D eigenvalue weighted by Gasteiger charge is -2.08. The van der Waals surface area contributed by atoms with Crippen LogP contribution in [0.15, 0.2) is 60.7 Å². The van der Waals surface area contributed by atoms with Gasteiger partial charge in [-0.25, -0.2) is 4.98 Å². The molecule has 20 heavy (non-hydrogen) atoms. The third-order valence-electron chi connectivity index (χ3n) is 3.03. The predicted octanol–water partition coefficient (Wildman–Crippen LogP) is 3.69. The third-order valence-corrected chi connectivity index (χ3v) is 3.03. The Hall–Kier alpha value is -2.86. The molecule has 3 rings (SSSR count). The van der Waals surface area contributed by atoms with Gasteiger partial charge in [0.05, 0.1) is 5.52 Å². The lowest BCUT2D eigenvalue weighted by molar-refractivity contribution is 0.294. The molecular weight excluding hydrogens is 248 g/mol. The van der Waals surface area contributed by atoms with E-state index in [0.717, 1.165) is 16.5 Å². The van der Waals surface area contributed by atoms with E-state index in [0.29, 0.717) is 18.1 Å². The standard InChI is InChI=1S/C17H12N2O/c18-11-15-10-14-8-4-5-9-16(14)19-17(15)20-12-13-6-2-1-3-7-13/h1-10H,12H2. The van der Waals surface area contributed by atoms with E-state index in [-0.39, 0.29) is 0 Å². The highest BCUT2D eigenvalue weighted by Crippen LogP contribution is 2.22. The molecule has 1 aromatic heterocycles. The molecule has 0 radical (unpaired) electrons. The molecule has 0 fully saturated rings. The summed E-state index contributed by atoms with van der Waals surface area (Å²) in [7, 11) is 0. The van der Waals surface area contributed by atoms with Crippen molar-refractivity contribution in [3.8, 4) is 11.9 Å². The van der Waals surface area contributed by atoms with Crippen molar-refractivity contribution >= 4 is 10.9 Å². The van der Waals surface area contributed by atoms with Crippen molar-refractivity contribution in [3.05, 3.63) is 71.8 Å². The Bertz CT molecular complexity index is 776. The topological polar surface area (TPSA) is 45.9 Å². The van der Waals surface area contributed by atoms with Crippen molar-refractivity contribution in [2.75, 3.05) is 0 Å². The third kappa shape index (κ3) is 2.45. The number of para-hydroxylation sites is 1. The molecule has 1 heterocycles. The zero-order chi connectivity index (χ0) is 13.8. The van der Waals surface area contributed by atoms with Gasteiger partial charge in [0.1, 0.15) is 18.2 Å². The molecule has 0 atom stereocenters. The van der Waals surface area contributed by atoms with Crippen LogP contribution in [0.3, 0.4) is 0 Å². The normalized spacial score (nSPS) is 10.2. The summed E-state index contributed by atoms with van der Waals surface area (Å²) >= 11 is 0. The van der Waals surface area contributed by atoms with Crippen molar-refractivity contribution < 1.29 is 4.74 Å². The number of aromatic nitrogens is 1. The largest absolute Gasteiger partial charge is 0.472 e. The molecule has 0 amide bonds. The number of fused-ring (bicyclic) bond motifs is 1. The van der Waals surface area contributed by atoms with Crippen LogP contribution in [0, 0.1) is 11.3 Å². The highest BCUT2D eigenvalue weighted by atomic mass is 16.5. The zero-order valence-corrected chi connectivity index (χ0v) is 10.8. The maximum absolute atomic E-state index is 9.21. The van der Waals surface area contributed by atoms with Crippen LogP contribution in [0.2, 0.25) is 0 Å². The highest BCUT2D eigenvalue weighted by molar-refractivity contribution is 5.80. The molecule has 0 unspecified atom stereocenters. The molecule has 3 nitrogen and oxygen atoms in total. The molecule has 3 aromatic rings. The van der Waals surface area contributed by atoms with Gasteiger partial charge < -0.3 is 4.74 Å². The molecule has 0 spiro atoms. The number of ether oxygens (including phenoxy) is 1. The zero-order valence-electron chi connectivity index (χ0n) is 10.8. The summed E-state index contributed by atoms with van der Waals surface area (Å²) in [5.74, 6) is 0.384. The quantitative estimate of drug-likeness (QED) is 0.721. The minimum atomic E-state index is 0.384. The second-order valence-electron chi connectivity index (χ2n) is 4.42. The van der Waals surface area contributed by atoms with Gasteiger partial charge in [0.2, 0.25) is 5.88 Å². The van der Waals surface area contributed by atoms with Crippen LogP contribution in [0.5, 0.6) is 5.88 Å². The van der Waals surface area contributed by atoms with Gasteiger partial charge in [-0.2, -0.15) is 5.26 Å². The molecule has 0 saturated heterocycles. The van der Waals surface area contributed by atoms with Gasteiger partial charge in [-0.15, -0.1) is 0 Å². The number of nitriles is 1. The predicted molar refractivity (Wildman–Crippen MR) is 77.2 cm³/mol. The summed E-state index contributed by atoms with van der Waals surface area (Å²) in [5.41, 5.74) is 2.33. The number of hydrogen-bond donors (Lipinski definition) is 0. The second-order valence-corrected chi connectivity index (χ2v) is 4.42. The summed E-state index contributed by atoms with van der Waals surface area (Å²) < 4.78 is 5.69. The van der Waals surface area contributed by atoms with E-state index in [2.05, 4.69) is 11.1 Å². The minimum absolute atomic E-state index is 0.384. The van der Waals surface area contributed by atoms with Crippen LogP contribution >= 0.6 is 0 Å². The van der Waals surface area contributed by atoms with Gasteiger partial charge in [-0.3, -0.25) is 0 Å². The molecule has 0 N–H and O–H groups in total. The SMILES string of the molecule is N#Cc1cc2ccccc2nc1OCc1ccccc1.